The average Bonchev–Trinajstić information content (AvgIpc) is 3.00. The van der Waals surface area contributed by atoms with Gasteiger partial charge in [0.1, 0.15) is 0 Å². The van der Waals surface area contributed by atoms with Gasteiger partial charge in [-0.05, 0) is 12.8 Å². The lowest BCUT2D eigenvalue weighted by Crippen LogP contribution is -1.98. The van der Waals surface area contributed by atoms with Crippen LogP contribution in [-0.4, -0.2) is 22.9 Å². The first-order valence-corrected chi connectivity index (χ1v) is 4.84. The molecule has 1 aliphatic rings. The van der Waals surface area contributed by atoms with Crippen molar-refractivity contribution in [1.29, 1.82) is 0 Å². The van der Waals surface area contributed by atoms with Crippen LogP contribution in [0.2, 0.25) is 0 Å². The summed E-state index contributed by atoms with van der Waals surface area (Å²) < 4.78 is 6.29. The summed E-state index contributed by atoms with van der Waals surface area (Å²) in [5, 5.41) is 4.14. The van der Waals surface area contributed by atoms with Gasteiger partial charge in [-0.3, -0.25) is 4.68 Å². The maximum absolute atomic E-state index is 10.9. The predicted molar refractivity (Wildman–Crippen MR) is 54.1 cm³/mol. The largest absolute Gasteiger partial charge is 0.459 e. The number of rotatable bonds is 1. The fourth-order valence-electron chi connectivity index (χ4n) is 1.55. The molecule has 1 aliphatic carbocycles. The van der Waals surface area contributed by atoms with Gasteiger partial charge >= 0.3 is 5.97 Å². The van der Waals surface area contributed by atoms with Crippen LogP contribution in [0.25, 0.3) is 0 Å². The van der Waals surface area contributed by atoms with Crippen molar-refractivity contribution < 1.29 is 9.53 Å². The molecule has 0 atom stereocenters. The minimum Gasteiger partial charge on any atom is -0.459 e. The predicted octanol–water partition coefficient (Wildman–Crippen LogP) is 0.822. The molecule has 1 aromatic heterocycles. The Morgan fingerprint density at radius 2 is 2.40 bits per heavy atom. The Morgan fingerprint density at radius 1 is 1.67 bits per heavy atom. The standard InChI is InChI=1S/C11H12N2O2/c1-13-11(8-3-4-8)9(7-12-13)5-6-10(14)15-2/h7-8H,3-4H2,1-2H3. The molecular formula is C11H12N2O2. The molecule has 1 heterocycles. The van der Waals surface area contributed by atoms with E-state index in [-0.39, 0.29) is 0 Å². The number of aromatic nitrogens is 2. The third kappa shape index (κ3) is 2.01. The zero-order valence-corrected chi connectivity index (χ0v) is 8.78. The summed E-state index contributed by atoms with van der Waals surface area (Å²) in [4.78, 5) is 10.9. The van der Waals surface area contributed by atoms with Gasteiger partial charge in [-0.15, -0.1) is 0 Å². The number of esters is 1. The van der Waals surface area contributed by atoms with E-state index >= 15 is 0 Å². The van der Waals surface area contributed by atoms with Gasteiger partial charge in [0.2, 0.25) is 0 Å². The van der Waals surface area contributed by atoms with E-state index in [1.165, 1.54) is 20.0 Å². The summed E-state index contributed by atoms with van der Waals surface area (Å²) in [6.45, 7) is 0. The van der Waals surface area contributed by atoms with Crippen LogP contribution in [0.3, 0.4) is 0 Å². The number of carbonyl (C=O) groups excluding carboxylic acids is 1. The second kappa shape index (κ2) is 3.77. The van der Waals surface area contributed by atoms with E-state index < -0.39 is 5.97 Å². The zero-order valence-electron chi connectivity index (χ0n) is 8.78. The summed E-state index contributed by atoms with van der Waals surface area (Å²) in [6.07, 6.45) is 4.07. The number of carbonyl (C=O) groups is 1. The van der Waals surface area contributed by atoms with Crippen molar-refractivity contribution in [1.82, 2.24) is 9.78 Å². The molecule has 0 bridgehead atoms. The van der Waals surface area contributed by atoms with Gasteiger partial charge in [-0.25, -0.2) is 4.79 Å². The molecule has 4 heteroatoms. The summed E-state index contributed by atoms with van der Waals surface area (Å²) >= 11 is 0. The van der Waals surface area contributed by atoms with Crippen LogP contribution in [0.4, 0.5) is 0 Å². The second-order valence-corrected chi connectivity index (χ2v) is 3.58. The van der Waals surface area contributed by atoms with E-state index in [4.69, 9.17) is 0 Å². The molecular weight excluding hydrogens is 192 g/mol. The number of methoxy groups -OCH3 is 1. The molecule has 1 aromatic rings. The van der Waals surface area contributed by atoms with Gasteiger partial charge in [0.15, 0.2) is 0 Å². The molecule has 0 saturated heterocycles. The quantitative estimate of drug-likeness (QED) is 0.502. The Kier molecular flexibility index (Phi) is 2.46. The molecule has 0 aliphatic heterocycles. The highest BCUT2D eigenvalue weighted by atomic mass is 16.5. The Hall–Kier alpha value is -1.76. The normalized spacial score (nSPS) is 14.3. The van der Waals surface area contributed by atoms with Gasteiger partial charge < -0.3 is 4.74 Å². The van der Waals surface area contributed by atoms with Crippen molar-refractivity contribution >= 4 is 5.97 Å². The van der Waals surface area contributed by atoms with E-state index in [0.29, 0.717) is 5.92 Å². The summed E-state index contributed by atoms with van der Waals surface area (Å²) in [5.74, 6) is 5.27. The lowest BCUT2D eigenvalue weighted by atomic mass is 10.2. The van der Waals surface area contributed by atoms with E-state index in [9.17, 15) is 4.79 Å². The van der Waals surface area contributed by atoms with Gasteiger partial charge in [0.05, 0.1) is 24.6 Å². The summed E-state index contributed by atoms with van der Waals surface area (Å²) in [5.41, 5.74) is 1.97. The molecule has 1 saturated carbocycles. The number of hydrogen-bond donors (Lipinski definition) is 0. The Balaban J connectivity index is 2.27. The van der Waals surface area contributed by atoms with Gasteiger partial charge in [-0.1, -0.05) is 5.92 Å². The van der Waals surface area contributed by atoms with E-state index in [1.54, 1.807) is 6.20 Å². The SMILES string of the molecule is COC(=O)C#Cc1cnn(C)c1C1CC1. The number of ether oxygens (including phenoxy) is 1. The van der Waals surface area contributed by atoms with E-state index in [2.05, 4.69) is 21.7 Å². The van der Waals surface area contributed by atoms with Gasteiger partial charge in [0.25, 0.3) is 0 Å². The highest BCUT2D eigenvalue weighted by Crippen LogP contribution is 2.41. The molecule has 15 heavy (non-hydrogen) atoms. The molecule has 0 N–H and O–H groups in total. The van der Waals surface area contributed by atoms with Crippen LogP contribution < -0.4 is 0 Å². The van der Waals surface area contributed by atoms with Crippen molar-refractivity contribution in [2.24, 2.45) is 7.05 Å². The third-order valence-corrected chi connectivity index (χ3v) is 2.43. The molecule has 0 spiro atoms. The van der Waals surface area contributed by atoms with Crippen LogP contribution in [0.15, 0.2) is 6.20 Å². The molecule has 0 radical (unpaired) electrons. The topological polar surface area (TPSA) is 44.1 Å². The minimum atomic E-state index is -0.513. The molecule has 2 rings (SSSR count). The highest BCUT2D eigenvalue weighted by molar-refractivity contribution is 5.89. The number of hydrogen-bond acceptors (Lipinski definition) is 3. The van der Waals surface area contributed by atoms with Crippen molar-refractivity contribution in [3.8, 4) is 11.8 Å². The van der Waals surface area contributed by atoms with Gasteiger partial charge in [-0.2, -0.15) is 5.10 Å². The Bertz CT molecular complexity index is 447. The fraction of sp³-hybridized carbons (Fsp3) is 0.455. The maximum Gasteiger partial charge on any atom is 0.384 e. The van der Waals surface area contributed by atoms with Crippen LogP contribution in [-0.2, 0) is 16.6 Å². The van der Waals surface area contributed by atoms with Crippen LogP contribution in [0.1, 0.15) is 30.0 Å². The van der Waals surface area contributed by atoms with Gasteiger partial charge in [0, 0.05) is 18.9 Å². The summed E-state index contributed by atoms with van der Waals surface area (Å²) in [6, 6.07) is 0. The van der Waals surface area contributed by atoms with Crippen molar-refractivity contribution in [3.05, 3.63) is 17.5 Å². The van der Waals surface area contributed by atoms with Crippen LogP contribution >= 0.6 is 0 Å². The third-order valence-electron chi connectivity index (χ3n) is 2.43. The molecule has 0 aromatic carbocycles. The highest BCUT2D eigenvalue weighted by Gasteiger charge is 2.28. The minimum absolute atomic E-state index is 0.513. The van der Waals surface area contributed by atoms with Crippen molar-refractivity contribution in [2.75, 3.05) is 7.11 Å². The zero-order chi connectivity index (χ0) is 10.8. The van der Waals surface area contributed by atoms with Crippen molar-refractivity contribution in [3.63, 3.8) is 0 Å². The smallest absolute Gasteiger partial charge is 0.384 e. The van der Waals surface area contributed by atoms with E-state index in [0.717, 1.165) is 11.3 Å². The monoisotopic (exact) mass is 204 g/mol. The number of aryl methyl sites for hydroxylation is 1. The number of nitrogens with zero attached hydrogens (tertiary/aromatic N) is 2. The Morgan fingerprint density at radius 3 is 3.00 bits per heavy atom. The molecule has 4 nitrogen and oxygen atoms in total. The Labute approximate surface area is 88.2 Å². The lowest BCUT2D eigenvalue weighted by molar-refractivity contribution is -0.133. The fourth-order valence-corrected chi connectivity index (χ4v) is 1.55. The van der Waals surface area contributed by atoms with E-state index in [1.807, 2.05) is 11.7 Å². The van der Waals surface area contributed by atoms with Crippen LogP contribution in [0.5, 0.6) is 0 Å². The van der Waals surface area contributed by atoms with Crippen LogP contribution in [0, 0.1) is 11.8 Å². The molecule has 0 amide bonds. The second-order valence-electron chi connectivity index (χ2n) is 3.58. The summed E-state index contributed by atoms with van der Waals surface area (Å²) in [7, 11) is 3.22. The molecule has 0 unspecified atom stereocenters. The molecule has 1 fully saturated rings. The average molecular weight is 204 g/mol. The maximum atomic E-state index is 10.9. The first-order valence-electron chi connectivity index (χ1n) is 4.84. The lowest BCUT2D eigenvalue weighted by Gasteiger charge is -1.98. The molecule has 78 valence electrons. The van der Waals surface area contributed by atoms with Crippen molar-refractivity contribution in [2.45, 2.75) is 18.8 Å². The first kappa shape index (κ1) is 9.78. The first-order chi connectivity index (χ1) is 7.22.